The summed E-state index contributed by atoms with van der Waals surface area (Å²) in [4.78, 5) is 11.7. The van der Waals surface area contributed by atoms with Gasteiger partial charge in [-0.2, -0.15) is 5.10 Å². The zero-order valence-electron chi connectivity index (χ0n) is 10.0. The number of aryl methyl sites for hydroxylation is 2. The van der Waals surface area contributed by atoms with Crippen LogP contribution in [-0.2, 0) is 18.3 Å². The summed E-state index contributed by atoms with van der Waals surface area (Å²) in [6.45, 7) is 2.82. The molecule has 0 atom stereocenters. The van der Waals surface area contributed by atoms with Crippen molar-refractivity contribution in [1.82, 2.24) is 15.1 Å². The smallest absolute Gasteiger partial charge is 0.138 e. The SMILES string of the molecule is CNCCCC(=O)Cc1c(Br)c(C)nn1C. The van der Waals surface area contributed by atoms with Crippen LogP contribution in [0.5, 0.6) is 0 Å². The van der Waals surface area contributed by atoms with Gasteiger partial charge in [-0.1, -0.05) is 0 Å². The summed E-state index contributed by atoms with van der Waals surface area (Å²) in [5.41, 5.74) is 1.90. The quantitative estimate of drug-likeness (QED) is 0.809. The van der Waals surface area contributed by atoms with Crippen LogP contribution in [0, 0.1) is 6.92 Å². The Kier molecular flexibility index (Phi) is 5.15. The van der Waals surface area contributed by atoms with Gasteiger partial charge in [0.25, 0.3) is 0 Å². The van der Waals surface area contributed by atoms with Gasteiger partial charge in [-0.05, 0) is 42.9 Å². The second kappa shape index (κ2) is 6.15. The summed E-state index contributed by atoms with van der Waals surface area (Å²) >= 11 is 3.46. The molecule has 5 heteroatoms. The van der Waals surface area contributed by atoms with E-state index in [9.17, 15) is 4.79 Å². The Morgan fingerprint density at radius 3 is 2.75 bits per heavy atom. The molecule has 0 spiro atoms. The van der Waals surface area contributed by atoms with Crippen molar-refractivity contribution in [2.75, 3.05) is 13.6 Å². The predicted octanol–water partition coefficient (Wildman–Crippen LogP) is 1.60. The fourth-order valence-corrected chi connectivity index (χ4v) is 2.09. The maximum atomic E-state index is 11.7. The number of hydrogen-bond donors (Lipinski definition) is 1. The monoisotopic (exact) mass is 287 g/mol. The first-order valence-electron chi connectivity index (χ1n) is 5.40. The highest BCUT2D eigenvalue weighted by molar-refractivity contribution is 9.10. The number of aromatic nitrogens is 2. The Labute approximate surface area is 105 Å². The van der Waals surface area contributed by atoms with Crippen LogP contribution in [0.3, 0.4) is 0 Å². The van der Waals surface area contributed by atoms with Crippen molar-refractivity contribution in [2.24, 2.45) is 7.05 Å². The zero-order chi connectivity index (χ0) is 12.1. The topological polar surface area (TPSA) is 46.9 Å². The summed E-state index contributed by atoms with van der Waals surface area (Å²) < 4.78 is 2.73. The van der Waals surface area contributed by atoms with Gasteiger partial charge in [0.2, 0.25) is 0 Å². The van der Waals surface area contributed by atoms with E-state index >= 15 is 0 Å². The third kappa shape index (κ3) is 3.42. The van der Waals surface area contributed by atoms with Gasteiger partial charge in [-0.25, -0.2) is 0 Å². The molecule has 0 amide bonds. The first-order valence-corrected chi connectivity index (χ1v) is 6.19. The number of ketones is 1. The number of Topliss-reactive ketones (excluding diaryl/α,β-unsaturated/α-hetero) is 1. The van der Waals surface area contributed by atoms with E-state index in [0.29, 0.717) is 12.8 Å². The van der Waals surface area contributed by atoms with Gasteiger partial charge >= 0.3 is 0 Å². The minimum absolute atomic E-state index is 0.263. The molecule has 0 fully saturated rings. The molecule has 0 aliphatic rings. The molecule has 0 radical (unpaired) electrons. The normalized spacial score (nSPS) is 10.8. The van der Waals surface area contributed by atoms with E-state index in [0.717, 1.165) is 28.8 Å². The molecule has 1 aromatic rings. The molecular weight excluding hydrogens is 270 g/mol. The Morgan fingerprint density at radius 2 is 2.25 bits per heavy atom. The molecule has 0 aliphatic heterocycles. The van der Waals surface area contributed by atoms with Crippen LogP contribution in [0.1, 0.15) is 24.2 Å². The first kappa shape index (κ1) is 13.4. The number of carbonyl (C=O) groups is 1. The maximum Gasteiger partial charge on any atom is 0.138 e. The Morgan fingerprint density at radius 1 is 1.56 bits per heavy atom. The predicted molar refractivity (Wildman–Crippen MR) is 67.5 cm³/mol. The van der Waals surface area contributed by atoms with Crippen LogP contribution in [0.2, 0.25) is 0 Å². The molecule has 0 aromatic carbocycles. The third-order valence-corrected chi connectivity index (χ3v) is 3.54. The molecule has 0 saturated carbocycles. The second-order valence-electron chi connectivity index (χ2n) is 3.89. The summed E-state index contributed by atoms with van der Waals surface area (Å²) in [7, 11) is 3.76. The maximum absolute atomic E-state index is 11.7. The molecule has 90 valence electrons. The van der Waals surface area contributed by atoms with Crippen LogP contribution in [0.15, 0.2) is 4.47 Å². The number of hydrogen-bond acceptors (Lipinski definition) is 3. The number of carbonyl (C=O) groups excluding carboxylic acids is 1. The highest BCUT2D eigenvalue weighted by Gasteiger charge is 2.13. The van der Waals surface area contributed by atoms with Crippen LogP contribution in [-0.4, -0.2) is 29.2 Å². The summed E-state index contributed by atoms with van der Waals surface area (Å²) in [6, 6.07) is 0. The fourth-order valence-electron chi connectivity index (χ4n) is 1.61. The zero-order valence-corrected chi connectivity index (χ0v) is 11.6. The van der Waals surface area contributed by atoms with Gasteiger partial charge in [0, 0.05) is 19.9 Å². The van der Waals surface area contributed by atoms with Crippen molar-refractivity contribution in [3.05, 3.63) is 15.9 Å². The highest BCUT2D eigenvalue weighted by atomic mass is 79.9. The first-order chi connectivity index (χ1) is 7.56. The molecule has 16 heavy (non-hydrogen) atoms. The molecule has 0 saturated heterocycles. The van der Waals surface area contributed by atoms with Gasteiger partial charge in [0.05, 0.1) is 15.9 Å². The number of rotatable bonds is 6. The molecule has 0 unspecified atom stereocenters. The Bertz CT molecular complexity index is 374. The largest absolute Gasteiger partial charge is 0.320 e. The van der Waals surface area contributed by atoms with E-state index in [2.05, 4.69) is 26.3 Å². The minimum Gasteiger partial charge on any atom is -0.320 e. The van der Waals surface area contributed by atoms with Crippen molar-refractivity contribution < 1.29 is 4.79 Å². The lowest BCUT2D eigenvalue weighted by Gasteiger charge is -2.02. The van der Waals surface area contributed by atoms with E-state index in [4.69, 9.17) is 0 Å². The van der Waals surface area contributed by atoms with Crippen LogP contribution < -0.4 is 5.32 Å². The Balaban J connectivity index is 2.56. The van der Waals surface area contributed by atoms with E-state index in [-0.39, 0.29) is 5.78 Å². The summed E-state index contributed by atoms with van der Waals surface area (Å²) in [5, 5.41) is 7.30. The van der Waals surface area contributed by atoms with E-state index in [1.807, 2.05) is 21.0 Å². The molecule has 4 nitrogen and oxygen atoms in total. The molecule has 1 rings (SSSR count). The molecule has 0 bridgehead atoms. The van der Waals surface area contributed by atoms with Crippen molar-refractivity contribution in [3.63, 3.8) is 0 Å². The average molecular weight is 288 g/mol. The highest BCUT2D eigenvalue weighted by Crippen LogP contribution is 2.21. The fraction of sp³-hybridized carbons (Fsp3) is 0.636. The third-order valence-electron chi connectivity index (χ3n) is 2.51. The standard InChI is InChI=1S/C11H18BrN3O/c1-8-11(12)10(15(3)14-8)7-9(16)5-4-6-13-2/h13H,4-7H2,1-3H3. The second-order valence-corrected chi connectivity index (χ2v) is 4.69. The lowest BCUT2D eigenvalue weighted by Crippen LogP contribution is -2.12. The molecular formula is C11H18BrN3O. The molecule has 1 heterocycles. The van der Waals surface area contributed by atoms with E-state index in [1.165, 1.54) is 0 Å². The lowest BCUT2D eigenvalue weighted by molar-refractivity contribution is -0.118. The van der Waals surface area contributed by atoms with Gasteiger partial charge in [-0.15, -0.1) is 0 Å². The number of nitrogens with zero attached hydrogens (tertiary/aromatic N) is 2. The van der Waals surface area contributed by atoms with Crippen molar-refractivity contribution in [3.8, 4) is 0 Å². The van der Waals surface area contributed by atoms with Gasteiger partial charge in [0.15, 0.2) is 0 Å². The molecule has 1 aromatic heterocycles. The van der Waals surface area contributed by atoms with Crippen molar-refractivity contribution in [2.45, 2.75) is 26.2 Å². The van der Waals surface area contributed by atoms with Gasteiger partial charge in [0.1, 0.15) is 5.78 Å². The van der Waals surface area contributed by atoms with E-state index < -0.39 is 0 Å². The molecule has 1 N–H and O–H groups in total. The number of halogens is 1. The van der Waals surface area contributed by atoms with Crippen LogP contribution >= 0.6 is 15.9 Å². The van der Waals surface area contributed by atoms with E-state index in [1.54, 1.807) is 4.68 Å². The minimum atomic E-state index is 0.263. The van der Waals surface area contributed by atoms with Gasteiger partial charge in [-0.3, -0.25) is 9.48 Å². The lowest BCUT2D eigenvalue weighted by atomic mass is 10.1. The van der Waals surface area contributed by atoms with Crippen LogP contribution in [0.25, 0.3) is 0 Å². The van der Waals surface area contributed by atoms with Crippen molar-refractivity contribution >= 4 is 21.7 Å². The van der Waals surface area contributed by atoms with Crippen LogP contribution in [0.4, 0.5) is 0 Å². The molecule has 0 aliphatic carbocycles. The summed E-state index contributed by atoms with van der Waals surface area (Å²) in [5.74, 6) is 0.263. The summed E-state index contributed by atoms with van der Waals surface area (Å²) in [6.07, 6.45) is 1.98. The average Bonchev–Trinajstić information content (AvgIpc) is 2.46. The number of nitrogens with one attached hydrogen (secondary N) is 1. The van der Waals surface area contributed by atoms with Gasteiger partial charge < -0.3 is 5.32 Å². The van der Waals surface area contributed by atoms with Crippen molar-refractivity contribution in [1.29, 1.82) is 0 Å². The Hall–Kier alpha value is -0.680.